The first-order valence-corrected chi connectivity index (χ1v) is 6.42. The third-order valence-corrected chi connectivity index (χ3v) is 3.54. The Hall–Kier alpha value is -1.13. The average Bonchev–Trinajstić information content (AvgIpc) is 2.40. The van der Waals surface area contributed by atoms with Crippen LogP contribution in [0.15, 0.2) is 18.2 Å². The summed E-state index contributed by atoms with van der Waals surface area (Å²) in [6.45, 7) is 1.88. The van der Waals surface area contributed by atoms with Gasteiger partial charge < -0.3 is 15.2 Å². The molecule has 2 atom stereocenters. The molecular formula is C14H20FNO2. The van der Waals surface area contributed by atoms with Gasteiger partial charge in [0.1, 0.15) is 0 Å². The minimum Gasteiger partial charge on any atom is -0.494 e. The first kappa shape index (κ1) is 13.3. The molecule has 18 heavy (non-hydrogen) atoms. The zero-order valence-electron chi connectivity index (χ0n) is 10.7. The van der Waals surface area contributed by atoms with Crippen LogP contribution >= 0.6 is 0 Å². The predicted molar refractivity (Wildman–Crippen MR) is 68.3 cm³/mol. The second-order valence-electron chi connectivity index (χ2n) is 4.85. The van der Waals surface area contributed by atoms with E-state index in [1.807, 2.05) is 0 Å². The highest BCUT2D eigenvalue weighted by molar-refractivity contribution is 5.29. The minimum atomic E-state index is -0.411. The molecule has 0 aromatic heterocycles. The molecular weight excluding hydrogens is 233 g/mol. The van der Waals surface area contributed by atoms with Gasteiger partial charge in [-0.25, -0.2) is 4.39 Å². The monoisotopic (exact) mass is 253 g/mol. The summed E-state index contributed by atoms with van der Waals surface area (Å²) in [5.74, 6) is 0.139. The van der Waals surface area contributed by atoms with Crippen molar-refractivity contribution in [3.8, 4) is 5.75 Å². The zero-order chi connectivity index (χ0) is 13.0. The van der Waals surface area contributed by atoms with Gasteiger partial charge in [0.15, 0.2) is 11.6 Å². The van der Waals surface area contributed by atoms with Crippen LogP contribution in [0.2, 0.25) is 0 Å². The summed E-state index contributed by atoms with van der Waals surface area (Å²) in [4.78, 5) is 0. The summed E-state index contributed by atoms with van der Waals surface area (Å²) in [6.07, 6.45) is 2.21. The number of hydrogen-bond donors (Lipinski definition) is 2. The third-order valence-electron chi connectivity index (χ3n) is 3.54. The van der Waals surface area contributed by atoms with Crippen LogP contribution in [-0.4, -0.2) is 31.4 Å². The van der Waals surface area contributed by atoms with E-state index in [4.69, 9.17) is 4.74 Å². The van der Waals surface area contributed by atoms with Gasteiger partial charge in [-0.2, -0.15) is 0 Å². The molecule has 0 radical (unpaired) electrons. The summed E-state index contributed by atoms with van der Waals surface area (Å²) in [5, 5.41) is 13.4. The number of ether oxygens (including phenoxy) is 1. The van der Waals surface area contributed by atoms with Crippen molar-refractivity contribution in [2.75, 3.05) is 20.2 Å². The number of aliphatic hydroxyl groups is 1. The Labute approximate surface area is 107 Å². The molecule has 1 fully saturated rings. The lowest BCUT2D eigenvalue weighted by Crippen LogP contribution is -2.37. The standard InChI is InChI=1S/C14H20FNO2/c1-18-14-5-4-10(7-12(14)15)8-13(17)11-3-2-6-16-9-11/h4-5,7,11,13,16-17H,2-3,6,8-9H2,1H3. The fraction of sp³-hybridized carbons (Fsp3) is 0.571. The van der Waals surface area contributed by atoms with Crippen LogP contribution in [0.3, 0.4) is 0 Å². The summed E-state index contributed by atoms with van der Waals surface area (Å²) in [7, 11) is 1.45. The average molecular weight is 253 g/mol. The number of methoxy groups -OCH3 is 1. The lowest BCUT2D eigenvalue weighted by molar-refractivity contribution is 0.0921. The molecule has 1 heterocycles. The number of nitrogens with one attached hydrogen (secondary N) is 1. The highest BCUT2D eigenvalue weighted by atomic mass is 19.1. The second-order valence-corrected chi connectivity index (χ2v) is 4.85. The largest absolute Gasteiger partial charge is 0.494 e. The maximum atomic E-state index is 13.5. The molecule has 1 saturated heterocycles. The van der Waals surface area contributed by atoms with Crippen LogP contribution in [0.5, 0.6) is 5.75 Å². The van der Waals surface area contributed by atoms with E-state index in [1.165, 1.54) is 13.2 Å². The first-order valence-electron chi connectivity index (χ1n) is 6.42. The number of rotatable bonds is 4. The number of aliphatic hydroxyl groups excluding tert-OH is 1. The molecule has 2 N–H and O–H groups in total. The highest BCUT2D eigenvalue weighted by Gasteiger charge is 2.21. The van der Waals surface area contributed by atoms with Gasteiger partial charge in [-0.15, -0.1) is 0 Å². The van der Waals surface area contributed by atoms with E-state index in [1.54, 1.807) is 12.1 Å². The van der Waals surface area contributed by atoms with Crippen LogP contribution in [0.4, 0.5) is 4.39 Å². The van der Waals surface area contributed by atoms with Gasteiger partial charge in [0.25, 0.3) is 0 Å². The van der Waals surface area contributed by atoms with Crippen molar-refractivity contribution in [2.24, 2.45) is 5.92 Å². The molecule has 3 nitrogen and oxygen atoms in total. The van der Waals surface area contributed by atoms with Gasteiger partial charge in [0, 0.05) is 6.54 Å². The quantitative estimate of drug-likeness (QED) is 0.858. The lowest BCUT2D eigenvalue weighted by atomic mass is 9.90. The molecule has 100 valence electrons. The Morgan fingerprint density at radius 2 is 2.39 bits per heavy atom. The smallest absolute Gasteiger partial charge is 0.165 e. The van der Waals surface area contributed by atoms with Gasteiger partial charge >= 0.3 is 0 Å². The molecule has 2 unspecified atom stereocenters. The molecule has 0 bridgehead atoms. The minimum absolute atomic E-state index is 0.243. The second kappa shape index (κ2) is 6.16. The van der Waals surface area contributed by atoms with Gasteiger partial charge in [0.2, 0.25) is 0 Å². The molecule has 0 aliphatic carbocycles. The predicted octanol–water partition coefficient (Wildman–Crippen LogP) is 1.74. The van der Waals surface area contributed by atoms with Gasteiger partial charge in [0.05, 0.1) is 13.2 Å². The van der Waals surface area contributed by atoms with Crippen molar-refractivity contribution in [1.29, 1.82) is 0 Å². The van der Waals surface area contributed by atoms with Gasteiger partial charge in [-0.05, 0) is 49.4 Å². The summed E-state index contributed by atoms with van der Waals surface area (Å²) in [6, 6.07) is 4.86. The molecule has 1 aromatic rings. The van der Waals surface area contributed by atoms with E-state index in [9.17, 15) is 9.50 Å². The highest BCUT2D eigenvalue weighted by Crippen LogP contribution is 2.21. The Morgan fingerprint density at radius 1 is 1.56 bits per heavy atom. The Balaban J connectivity index is 1.97. The number of hydrogen-bond acceptors (Lipinski definition) is 3. The Bertz CT molecular complexity index is 391. The van der Waals surface area contributed by atoms with Crippen LogP contribution in [0, 0.1) is 11.7 Å². The SMILES string of the molecule is COc1ccc(CC(O)C2CCCNC2)cc1F. The molecule has 4 heteroatoms. The molecule has 0 amide bonds. The van der Waals surface area contributed by atoms with E-state index < -0.39 is 6.10 Å². The van der Waals surface area contributed by atoms with E-state index in [-0.39, 0.29) is 17.5 Å². The number of benzene rings is 1. The molecule has 2 rings (SSSR count). The number of halogens is 1. The Morgan fingerprint density at radius 3 is 3.00 bits per heavy atom. The van der Waals surface area contributed by atoms with Crippen molar-refractivity contribution < 1.29 is 14.2 Å². The van der Waals surface area contributed by atoms with Crippen molar-refractivity contribution in [1.82, 2.24) is 5.32 Å². The van der Waals surface area contributed by atoms with Crippen LogP contribution < -0.4 is 10.1 Å². The van der Waals surface area contributed by atoms with Crippen molar-refractivity contribution >= 4 is 0 Å². The molecule has 1 aliphatic rings. The third kappa shape index (κ3) is 3.21. The lowest BCUT2D eigenvalue weighted by Gasteiger charge is -2.27. The summed E-state index contributed by atoms with van der Waals surface area (Å²) < 4.78 is 18.4. The summed E-state index contributed by atoms with van der Waals surface area (Å²) in [5.41, 5.74) is 0.811. The molecule has 1 aromatic carbocycles. The maximum absolute atomic E-state index is 13.5. The van der Waals surface area contributed by atoms with E-state index in [0.29, 0.717) is 6.42 Å². The van der Waals surface area contributed by atoms with Crippen molar-refractivity contribution in [2.45, 2.75) is 25.4 Å². The molecule has 0 saturated carbocycles. The van der Waals surface area contributed by atoms with Crippen LogP contribution in [-0.2, 0) is 6.42 Å². The molecule has 1 aliphatic heterocycles. The van der Waals surface area contributed by atoms with Gasteiger partial charge in [-0.1, -0.05) is 6.07 Å². The van der Waals surface area contributed by atoms with Crippen LogP contribution in [0.1, 0.15) is 18.4 Å². The van der Waals surface area contributed by atoms with E-state index in [2.05, 4.69) is 5.32 Å². The van der Waals surface area contributed by atoms with Crippen molar-refractivity contribution in [3.63, 3.8) is 0 Å². The fourth-order valence-electron chi connectivity index (χ4n) is 2.45. The first-order chi connectivity index (χ1) is 8.70. The topological polar surface area (TPSA) is 41.5 Å². The van der Waals surface area contributed by atoms with Crippen LogP contribution in [0.25, 0.3) is 0 Å². The normalized spacial score (nSPS) is 21.6. The zero-order valence-corrected chi connectivity index (χ0v) is 10.7. The number of piperidine rings is 1. The van der Waals surface area contributed by atoms with Crippen molar-refractivity contribution in [3.05, 3.63) is 29.6 Å². The van der Waals surface area contributed by atoms with E-state index >= 15 is 0 Å². The molecule has 0 spiro atoms. The maximum Gasteiger partial charge on any atom is 0.165 e. The van der Waals surface area contributed by atoms with Gasteiger partial charge in [-0.3, -0.25) is 0 Å². The fourth-order valence-corrected chi connectivity index (χ4v) is 2.45. The summed E-state index contributed by atoms with van der Waals surface area (Å²) >= 11 is 0. The Kier molecular flexibility index (Phi) is 4.55. The van der Waals surface area contributed by atoms with E-state index in [0.717, 1.165) is 31.5 Å².